The molecule has 0 aliphatic rings. The van der Waals surface area contributed by atoms with Gasteiger partial charge in [0, 0.05) is 11.3 Å². The van der Waals surface area contributed by atoms with Crippen LogP contribution in [0.15, 0.2) is 54.7 Å². The molecule has 0 saturated heterocycles. The van der Waals surface area contributed by atoms with Crippen LogP contribution >= 0.6 is 0 Å². The van der Waals surface area contributed by atoms with Crippen molar-refractivity contribution >= 4 is 28.8 Å². The number of rotatable bonds is 5. The summed E-state index contributed by atoms with van der Waals surface area (Å²) in [6, 6.07) is 11.1. The highest BCUT2D eigenvalue weighted by Gasteiger charge is 2.14. The number of carbonyl (C=O) groups is 2. The van der Waals surface area contributed by atoms with Crippen molar-refractivity contribution in [3.63, 3.8) is 0 Å². The number of ketones is 1. The lowest BCUT2D eigenvalue weighted by Gasteiger charge is -2.09. The van der Waals surface area contributed by atoms with Crippen LogP contribution in [-0.2, 0) is 0 Å². The van der Waals surface area contributed by atoms with Gasteiger partial charge < -0.3 is 10.6 Å². The summed E-state index contributed by atoms with van der Waals surface area (Å²) in [4.78, 5) is 27.6. The lowest BCUT2D eigenvalue weighted by molar-refractivity contribution is 0.100. The number of hydrogen-bond acceptors (Lipinski definition) is 4. The summed E-state index contributed by atoms with van der Waals surface area (Å²) in [7, 11) is 0. The van der Waals surface area contributed by atoms with Crippen LogP contribution in [0.4, 0.5) is 30.2 Å². The van der Waals surface area contributed by atoms with E-state index < -0.39 is 23.4 Å². The summed E-state index contributed by atoms with van der Waals surface area (Å²) in [5, 5.41) is 5.18. The molecule has 8 heteroatoms. The minimum atomic E-state index is -1.58. The Balaban J connectivity index is 1.72. The molecule has 0 unspecified atom stereocenters. The average molecular weight is 385 g/mol. The lowest BCUT2D eigenvalue weighted by Crippen LogP contribution is -2.14. The van der Waals surface area contributed by atoms with E-state index in [0.29, 0.717) is 11.3 Å². The van der Waals surface area contributed by atoms with Gasteiger partial charge in [-0.2, -0.15) is 0 Å². The van der Waals surface area contributed by atoms with Crippen molar-refractivity contribution < 1.29 is 22.8 Å². The number of halogens is 3. The summed E-state index contributed by atoms with van der Waals surface area (Å²) < 4.78 is 39.9. The van der Waals surface area contributed by atoms with Gasteiger partial charge in [-0.25, -0.2) is 18.2 Å². The van der Waals surface area contributed by atoms with Crippen LogP contribution in [0, 0.1) is 17.5 Å². The monoisotopic (exact) mass is 385 g/mol. The number of Topliss-reactive ketones (excluding diaryl/α,β-unsaturated/α-hetero) is 1. The Hall–Kier alpha value is -3.68. The Morgan fingerprint density at radius 2 is 1.71 bits per heavy atom. The molecule has 0 saturated carbocycles. The van der Waals surface area contributed by atoms with Gasteiger partial charge >= 0.3 is 0 Å². The maximum atomic E-state index is 13.7. The van der Waals surface area contributed by atoms with Crippen molar-refractivity contribution in [2.45, 2.75) is 6.92 Å². The van der Waals surface area contributed by atoms with E-state index in [2.05, 4.69) is 15.6 Å². The molecule has 0 spiro atoms. The van der Waals surface area contributed by atoms with E-state index in [4.69, 9.17) is 0 Å². The van der Waals surface area contributed by atoms with Gasteiger partial charge in [0.05, 0.1) is 17.6 Å². The second kappa shape index (κ2) is 7.91. The van der Waals surface area contributed by atoms with Gasteiger partial charge in [-0.05, 0) is 43.3 Å². The number of anilines is 3. The quantitative estimate of drug-likeness (QED) is 0.493. The fraction of sp³-hybridized carbons (Fsp3) is 0.0500. The largest absolute Gasteiger partial charge is 0.352 e. The number of carbonyl (C=O) groups excluding carboxylic acids is 2. The van der Waals surface area contributed by atoms with E-state index in [1.165, 1.54) is 25.3 Å². The molecule has 1 heterocycles. The molecule has 0 radical (unpaired) electrons. The third-order valence-electron chi connectivity index (χ3n) is 3.84. The standard InChI is InChI=1S/C20H14F3N3O2/c1-11(27)12-3-2-4-13(9-12)26-20(28)17-7-5-14(10-24-17)25-16-8-6-15(21)18(22)19(16)23/h2-10,25H,1H3,(H,26,28). The first-order valence-corrected chi connectivity index (χ1v) is 8.14. The molecule has 3 rings (SSSR count). The molecule has 28 heavy (non-hydrogen) atoms. The summed E-state index contributed by atoms with van der Waals surface area (Å²) in [6.07, 6.45) is 1.25. The number of nitrogens with zero attached hydrogens (tertiary/aromatic N) is 1. The third kappa shape index (κ3) is 4.17. The molecule has 0 aliphatic carbocycles. The Morgan fingerprint density at radius 3 is 2.39 bits per heavy atom. The Morgan fingerprint density at radius 1 is 0.929 bits per heavy atom. The maximum absolute atomic E-state index is 13.7. The number of aromatic nitrogens is 1. The second-order valence-corrected chi connectivity index (χ2v) is 5.87. The van der Waals surface area contributed by atoms with Crippen molar-refractivity contribution in [3.05, 3.63) is 83.4 Å². The molecule has 0 atom stereocenters. The molecule has 3 aromatic rings. The first-order valence-electron chi connectivity index (χ1n) is 8.14. The Labute approximate surface area is 158 Å². The minimum Gasteiger partial charge on any atom is -0.352 e. The smallest absolute Gasteiger partial charge is 0.274 e. The van der Waals surface area contributed by atoms with Gasteiger partial charge in [0.15, 0.2) is 23.2 Å². The van der Waals surface area contributed by atoms with E-state index >= 15 is 0 Å². The molecule has 0 aliphatic heterocycles. The van der Waals surface area contributed by atoms with Crippen LogP contribution in [0.2, 0.25) is 0 Å². The van der Waals surface area contributed by atoms with Crippen LogP contribution in [0.25, 0.3) is 0 Å². The third-order valence-corrected chi connectivity index (χ3v) is 3.84. The van der Waals surface area contributed by atoms with Gasteiger partial charge in [0.1, 0.15) is 5.69 Å². The first-order chi connectivity index (χ1) is 13.3. The molecular formula is C20H14F3N3O2. The van der Waals surface area contributed by atoms with Crippen LogP contribution < -0.4 is 10.6 Å². The summed E-state index contributed by atoms with van der Waals surface area (Å²) in [6.45, 7) is 1.42. The topological polar surface area (TPSA) is 71.1 Å². The highest BCUT2D eigenvalue weighted by molar-refractivity contribution is 6.04. The van der Waals surface area contributed by atoms with Crippen molar-refractivity contribution in [1.29, 1.82) is 0 Å². The minimum absolute atomic E-state index is 0.0736. The zero-order valence-electron chi connectivity index (χ0n) is 14.6. The van der Waals surface area contributed by atoms with Gasteiger partial charge in [0.25, 0.3) is 5.91 Å². The molecule has 142 valence electrons. The average Bonchev–Trinajstić information content (AvgIpc) is 2.69. The molecule has 5 nitrogen and oxygen atoms in total. The normalized spacial score (nSPS) is 10.4. The van der Waals surface area contributed by atoms with Gasteiger partial charge in [0.2, 0.25) is 0 Å². The fourth-order valence-electron chi connectivity index (χ4n) is 2.39. The molecule has 1 aromatic heterocycles. The van der Waals surface area contributed by atoms with Crippen molar-refractivity contribution in [2.75, 3.05) is 10.6 Å². The predicted octanol–water partition coefficient (Wildman–Crippen LogP) is 4.70. The number of hydrogen-bond donors (Lipinski definition) is 2. The number of amides is 1. The van der Waals surface area contributed by atoms with Crippen molar-refractivity contribution in [1.82, 2.24) is 4.98 Å². The van der Waals surface area contributed by atoms with E-state index in [0.717, 1.165) is 12.1 Å². The first kappa shape index (κ1) is 19.1. The molecule has 2 N–H and O–H groups in total. The zero-order chi connectivity index (χ0) is 20.3. The van der Waals surface area contributed by atoms with Crippen molar-refractivity contribution in [2.24, 2.45) is 0 Å². The second-order valence-electron chi connectivity index (χ2n) is 5.87. The molecule has 1 amide bonds. The highest BCUT2D eigenvalue weighted by atomic mass is 19.2. The van der Waals surface area contributed by atoms with Crippen molar-refractivity contribution in [3.8, 4) is 0 Å². The molecule has 2 aromatic carbocycles. The number of pyridine rings is 1. The molecular weight excluding hydrogens is 371 g/mol. The summed E-state index contributed by atoms with van der Waals surface area (Å²) in [5.41, 5.74) is 0.980. The Kier molecular flexibility index (Phi) is 5.39. The van der Waals surface area contributed by atoms with E-state index in [-0.39, 0.29) is 22.9 Å². The van der Waals surface area contributed by atoms with E-state index in [1.54, 1.807) is 24.3 Å². The fourth-order valence-corrected chi connectivity index (χ4v) is 2.39. The molecule has 0 bridgehead atoms. The van der Waals surface area contributed by atoms with Crippen LogP contribution in [0.3, 0.4) is 0 Å². The SMILES string of the molecule is CC(=O)c1cccc(NC(=O)c2ccc(Nc3ccc(F)c(F)c3F)cn2)c1. The molecule has 0 fully saturated rings. The number of nitrogens with one attached hydrogen (secondary N) is 2. The van der Waals surface area contributed by atoms with E-state index in [9.17, 15) is 22.8 Å². The predicted molar refractivity (Wildman–Crippen MR) is 98.2 cm³/mol. The number of benzene rings is 2. The summed E-state index contributed by atoms with van der Waals surface area (Å²) >= 11 is 0. The van der Waals surface area contributed by atoms with Crippen LogP contribution in [0.1, 0.15) is 27.8 Å². The van der Waals surface area contributed by atoms with Gasteiger partial charge in [-0.1, -0.05) is 12.1 Å². The maximum Gasteiger partial charge on any atom is 0.274 e. The zero-order valence-corrected chi connectivity index (χ0v) is 14.6. The van der Waals surface area contributed by atoms with Crippen LogP contribution in [0.5, 0.6) is 0 Å². The van der Waals surface area contributed by atoms with E-state index in [1.807, 2.05) is 0 Å². The van der Waals surface area contributed by atoms with Crippen LogP contribution in [-0.4, -0.2) is 16.7 Å². The highest BCUT2D eigenvalue weighted by Crippen LogP contribution is 2.23. The van der Waals surface area contributed by atoms with Gasteiger partial charge in [-0.3, -0.25) is 9.59 Å². The summed E-state index contributed by atoms with van der Waals surface area (Å²) in [5.74, 6) is -4.86. The Bertz CT molecular complexity index is 1050. The lowest BCUT2D eigenvalue weighted by atomic mass is 10.1. The van der Waals surface area contributed by atoms with Gasteiger partial charge in [-0.15, -0.1) is 0 Å².